The van der Waals surface area contributed by atoms with Crippen LogP contribution in [-0.2, 0) is 11.3 Å². The summed E-state index contributed by atoms with van der Waals surface area (Å²) >= 11 is 0. The molecule has 90 valence electrons. The maximum absolute atomic E-state index is 11.3. The number of hydrogen-bond acceptors (Lipinski definition) is 4. The summed E-state index contributed by atoms with van der Waals surface area (Å²) in [5.41, 5.74) is 1.77. The van der Waals surface area contributed by atoms with Gasteiger partial charge in [-0.25, -0.2) is 4.79 Å². The van der Waals surface area contributed by atoms with Crippen LogP contribution in [0.5, 0.6) is 0 Å². The average Bonchev–Trinajstić information content (AvgIpc) is 2.75. The molecule has 0 unspecified atom stereocenters. The molecule has 1 heterocycles. The molecule has 0 fully saturated rings. The van der Waals surface area contributed by atoms with E-state index in [4.69, 9.17) is 0 Å². The number of ether oxygens (including phenoxy) is 1. The van der Waals surface area contributed by atoms with Gasteiger partial charge < -0.3 is 14.5 Å². The second-order valence-electron chi connectivity index (χ2n) is 4.13. The van der Waals surface area contributed by atoms with Crippen LogP contribution in [-0.4, -0.2) is 36.6 Å². The van der Waals surface area contributed by atoms with Crippen LogP contribution in [0.15, 0.2) is 36.7 Å². The van der Waals surface area contributed by atoms with Crippen molar-refractivity contribution in [1.82, 2.24) is 9.80 Å². The maximum Gasteiger partial charge on any atom is 0.337 e. The van der Waals surface area contributed by atoms with Crippen LogP contribution < -0.4 is 0 Å². The first kappa shape index (κ1) is 11.5. The molecule has 0 aliphatic carbocycles. The van der Waals surface area contributed by atoms with Gasteiger partial charge in [0.1, 0.15) is 0 Å². The Morgan fingerprint density at radius 2 is 2.00 bits per heavy atom. The number of nitrogens with zero attached hydrogens (tertiary/aromatic N) is 2. The molecule has 0 bridgehead atoms. The first-order valence-corrected chi connectivity index (χ1v) is 5.49. The Labute approximate surface area is 101 Å². The Morgan fingerprint density at radius 1 is 1.29 bits per heavy atom. The highest BCUT2D eigenvalue weighted by atomic mass is 16.5. The molecule has 0 amide bonds. The minimum atomic E-state index is -0.294. The summed E-state index contributed by atoms with van der Waals surface area (Å²) in [6, 6.07) is 7.51. The van der Waals surface area contributed by atoms with E-state index in [1.54, 1.807) is 12.1 Å². The molecule has 4 nitrogen and oxygen atoms in total. The predicted octanol–water partition coefficient (Wildman–Crippen LogP) is 1.65. The van der Waals surface area contributed by atoms with Gasteiger partial charge in [0.05, 0.1) is 19.3 Å². The average molecular weight is 232 g/mol. The standard InChI is InChI=1S/C13H16N2O2/c1-14-7-8-15(10-14)9-11-3-5-12(6-4-11)13(16)17-2/h3-8H,9-10H2,1-2H3. The SMILES string of the molecule is COC(=O)c1ccc(CN2C=CN(C)C2)cc1. The lowest BCUT2D eigenvalue weighted by atomic mass is 10.1. The van der Waals surface area contributed by atoms with Gasteiger partial charge >= 0.3 is 5.97 Å². The van der Waals surface area contributed by atoms with E-state index < -0.39 is 0 Å². The van der Waals surface area contributed by atoms with Gasteiger partial charge in [0.15, 0.2) is 0 Å². The van der Waals surface area contributed by atoms with Crippen molar-refractivity contribution in [3.63, 3.8) is 0 Å². The predicted molar refractivity (Wildman–Crippen MR) is 65.1 cm³/mol. The Kier molecular flexibility index (Phi) is 3.32. The third-order valence-corrected chi connectivity index (χ3v) is 2.70. The van der Waals surface area contributed by atoms with Gasteiger partial charge in [0.25, 0.3) is 0 Å². The van der Waals surface area contributed by atoms with Crippen molar-refractivity contribution < 1.29 is 9.53 Å². The van der Waals surface area contributed by atoms with E-state index in [-0.39, 0.29) is 5.97 Å². The summed E-state index contributed by atoms with van der Waals surface area (Å²) in [7, 11) is 3.43. The lowest BCUT2D eigenvalue weighted by Gasteiger charge is -2.18. The van der Waals surface area contributed by atoms with Crippen molar-refractivity contribution in [3.05, 3.63) is 47.8 Å². The van der Waals surface area contributed by atoms with E-state index in [9.17, 15) is 4.79 Å². The summed E-state index contributed by atoms with van der Waals surface area (Å²) in [4.78, 5) is 15.6. The number of carbonyl (C=O) groups excluding carboxylic acids is 1. The molecule has 1 aliphatic rings. The lowest BCUT2D eigenvalue weighted by molar-refractivity contribution is 0.0600. The lowest BCUT2D eigenvalue weighted by Crippen LogP contribution is -2.21. The summed E-state index contributed by atoms with van der Waals surface area (Å²) < 4.78 is 4.66. The van der Waals surface area contributed by atoms with Crippen LogP contribution >= 0.6 is 0 Å². The first-order valence-electron chi connectivity index (χ1n) is 5.49. The van der Waals surface area contributed by atoms with Crippen LogP contribution in [0.3, 0.4) is 0 Å². The van der Waals surface area contributed by atoms with E-state index in [1.165, 1.54) is 12.7 Å². The molecule has 4 heteroatoms. The van der Waals surface area contributed by atoms with E-state index in [0.29, 0.717) is 5.56 Å². The van der Waals surface area contributed by atoms with Crippen LogP contribution in [0.4, 0.5) is 0 Å². The van der Waals surface area contributed by atoms with E-state index in [1.807, 2.05) is 25.4 Å². The monoisotopic (exact) mass is 232 g/mol. The maximum atomic E-state index is 11.3. The molecule has 1 aliphatic heterocycles. The molecule has 0 saturated heterocycles. The first-order chi connectivity index (χ1) is 8.19. The zero-order valence-electron chi connectivity index (χ0n) is 10.1. The Balaban J connectivity index is 1.99. The molecule has 0 spiro atoms. The summed E-state index contributed by atoms with van der Waals surface area (Å²) in [6.07, 6.45) is 4.11. The van der Waals surface area contributed by atoms with E-state index in [0.717, 1.165) is 13.2 Å². The molecular formula is C13H16N2O2. The molecule has 1 aromatic rings. The zero-order chi connectivity index (χ0) is 12.3. The highest BCUT2D eigenvalue weighted by Crippen LogP contribution is 2.12. The second kappa shape index (κ2) is 4.91. The van der Waals surface area contributed by atoms with E-state index in [2.05, 4.69) is 20.7 Å². The topological polar surface area (TPSA) is 32.8 Å². The number of hydrogen-bond donors (Lipinski definition) is 0. The molecule has 0 saturated carbocycles. The summed E-state index contributed by atoms with van der Waals surface area (Å²) in [6.45, 7) is 1.75. The minimum Gasteiger partial charge on any atom is -0.465 e. The van der Waals surface area contributed by atoms with Crippen molar-refractivity contribution in [2.75, 3.05) is 20.8 Å². The largest absolute Gasteiger partial charge is 0.465 e. The van der Waals surface area contributed by atoms with Gasteiger partial charge in [-0.05, 0) is 17.7 Å². The molecule has 17 heavy (non-hydrogen) atoms. The molecular weight excluding hydrogens is 216 g/mol. The molecule has 2 rings (SSSR count). The quantitative estimate of drug-likeness (QED) is 0.742. The molecule has 1 aromatic carbocycles. The number of methoxy groups -OCH3 is 1. The van der Waals surface area contributed by atoms with Gasteiger partial charge in [0.2, 0.25) is 0 Å². The highest BCUT2D eigenvalue weighted by Gasteiger charge is 2.09. The third-order valence-electron chi connectivity index (χ3n) is 2.70. The summed E-state index contributed by atoms with van der Waals surface area (Å²) in [5.74, 6) is -0.294. The van der Waals surface area contributed by atoms with Crippen LogP contribution in [0.2, 0.25) is 0 Å². The molecule has 0 aromatic heterocycles. The van der Waals surface area contributed by atoms with Crippen molar-refractivity contribution in [2.45, 2.75) is 6.54 Å². The van der Waals surface area contributed by atoms with Crippen LogP contribution in [0.1, 0.15) is 15.9 Å². The Morgan fingerprint density at radius 3 is 2.53 bits per heavy atom. The fourth-order valence-corrected chi connectivity index (χ4v) is 1.79. The molecule has 0 radical (unpaired) electrons. The van der Waals surface area contributed by atoms with Gasteiger partial charge in [0, 0.05) is 26.0 Å². The Bertz CT molecular complexity index is 426. The fraction of sp³-hybridized carbons (Fsp3) is 0.308. The summed E-state index contributed by atoms with van der Waals surface area (Å²) in [5, 5.41) is 0. The highest BCUT2D eigenvalue weighted by molar-refractivity contribution is 5.89. The van der Waals surface area contributed by atoms with Gasteiger partial charge in [-0.15, -0.1) is 0 Å². The number of esters is 1. The second-order valence-corrected chi connectivity index (χ2v) is 4.13. The van der Waals surface area contributed by atoms with Crippen molar-refractivity contribution in [2.24, 2.45) is 0 Å². The number of carbonyl (C=O) groups is 1. The fourth-order valence-electron chi connectivity index (χ4n) is 1.79. The van der Waals surface area contributed by atoms with Crippen molar-refractivity contribution >= 4 is 5.97 Å². The minimum absolute atomic E-state index is 0.294. The number of rotatable bonds is 3. The van der Waals surface area contributed by atoms with Gasteiger partial charge in [-0.1, -0.05) is 12.1 Å². The van der Waals surface area contributed by atoms with Crippen LogP contribution in [0.25, 0.3) is 0 Å². The van der Waals surface area contributed by atoms with Gasteiger partial charge in [-0.3, -0.25) is 0 Å². The third kappa shape index (κ3) is 2.78. The van der Waals surface area contributed by atoms with Gasteiger partial charge in [-0.2, -0.15) is 0 Å². The van der Waals surface area contributed by atoms with Crippen molar-refractivity contribution in [1.29, 1.82) is 0 Å². The number of benzene rings is 1. The van der Waals surface area contributed by atoms with Crippen molar-refractivity contribution in [3.8, 4) is 0 Å². The Hall–Kier alpha value is -1.97. The van der Waals surface area contributed by atoms with E-state index >= 15 is 0 Å². The molecule has 0 atom stereocenters. The smallest absolute Gasteiger partial charge is 0.337 e. The zero-order valence-corrected chi connectivity index (χ0v) is 10.1. The normalized spacial score (nSPS) is 14.2. The molecule has 0 N–H and O–H groups in total. The van der Waals surface area contributed by atoms with Crippen LogP contribution in [0, 0.1) is 0 Å².